The van der Waals surface area contributed by atoms with Gasteiger partial charge in [-0.05, 0) is 71.4 Å². The fraction of sp³-hybridized carbons (Fsp3) is 0.968. The zero-order valence-corrected chi connectivity index (χ0v) is 28.4. The third-order valence-electron chi connectivity index (χ3n) is 10.0. The van der Waals surface area contributed by atoms with Crippen molar-refractivity contribution >= 4 is 27.1 Å². The second kappa shape index (κ2) is 13.1. The highest BCUT2D eigenvalue weighted by Gasteiger charge is 2.55. The van der Waals surface area contributed by atoms with Gasteiger partial charge in [-0.25, -0.2) is 9.34 Å². The van der Waals surface area contributed by atoms with Gasteiger partial charge in [-0.15, -0.1) is 6.89 Å². The molecule has 0 bridgehead atoms. The van der Waals surface area contributed by atoms with Crippen LogP contribution in [0.1, 0.15) is 128 Å². The Morgan fingerprint density at radius 1 is 0.514 bits per heavy atom. The molecule has 37 heavy (non-hydrogen) atoms. The van der Waals surface area contributed by atoms with E-state index in [1.165, 1.54) is 128 Å². The first-order chi connectivity index (χ1) is 17.5. The first kappa shape index (κ1) is 30.6. The molecule has 4 aliphatic rings. The van der Waals surface area contributed by atoms with E-state index < -0.39 is 22.4 Å². The SMILES string of the molecule is C[Si](C)(C)C(P(=O)(N(C1CCCCC1)C1CCCCC1)N(C1CCCCC1)C1CCCCC1)=P(C)(C)C. The second-order valence-corrected chi connectivity index (χ2v) is 28.2. The lowest BCUT2D eigenvalue weighted by Gasteiger charge is -2.56. The number of hydrogen-bond donors (Lipinski definition) is 0. The Hall–Kier alpha value is 0.667. The molecule has 4 aliphatic carbocycles. The van der Waals surface area contributed by atoms with Gasteiger partial charge in [0.1, 0.15) is 0 Å². The van der Waals surface area contributed by atoms with E-state index in [1.807, 2.05) is 0 Å². The first-order valence-electron chi connectivity index (χ1n) is 16.4. The van der Waals surface area contributed by atoms with E-state index in [0.29, 0.717) is 24.2 Å². The summed E-state index contributed by atoms with van der Waals surface area (Å²) in [4.78, 5) is 0. The van der Waals surface area contributed by atoms with Crippen molar-refractivity contribution in [2.75, 3.05) is 20.0 Å². The molecule has 0 aliphatic heterocycles. The van der Waals surface area contributed by atoms with Crippen LogP contribution < -0.4 is 0 Å². The fourth-order valence-electron chi connectivity index (χ4n) is 9.04. The molecule has 0 heterocycles. The summed E-state index contributed by atoms with van der Waals surface area (Å²) in [6.45, 7) is 13.8. The Balaban J connectivity index is 1.97. The normalized spacial score (nSPS) is 25.2. The van der Waals surface area contributed by atoms with E-state index in [4.69, 9.17) is 0 Å². The molecule has 0 unspecified atom stereocenters. The first-order valence-corrected chi connectivity index (χ1v) is 24.7. The summed E-state index contributed by atoms with van der Waals surface area (Å²) >= 11 is 0. The molecule has 0 radical (unpaired) electrons. The molecule has 0 saturated heterocycles. The van der Waals surface area contributed by atoms with Gasteiger partial charge in [0, 0.05) is 28.8 Å². The van der Waals surface area contributed by atoms with Crippen LogP contribution >= 0.6 is 14.3 Å². The third kappa shape index (κ3) is 7.12. The average molecular weight is 569 g/mol. The predicted octanol–water partition coefficient (Wildman–Crippen LogP) is 10.0. The Morgan fingerprint density at radius 2 is 0.757 bits per heavy atom. The summed E-state index contributed by atoms with van der Waals surface area (Å²) < 4.78 is 24.5. The molecule has 0 spiro atoms. The van der Waals surface area contributed by atoms with E-state index in [-0.39, 0.29) is 0 Å². The lowest BCUT2D eigenvalue weighted by molar-refractivity contribution is 0.121. The Morgan fingerprint density at radius 3 is 0.946 bits per heavy atom. The van der Waals surface area contributed by atoms with Crippen LogP contribution in [0.3, 0.4) is 0 Å². The lowest BCUT2D eigenvalue weighted by atomic mass is 9.90. The minimum Gasteiger partial charge on any atom is -0.284 e. The zero-order chi connectivity index (χ0) is 26.7. The fourth-order valence-corrected chi connectivity index (χ4v) is 28.4. The third-order valence-corrected chi connectivity index (χ3v) is 25.2. The van der Waals surface area contributed by atoms with Crippen molar-refractivity contribution in [1.29, 1.82) is 0 Å². The Labute approximate surface area is 232 Å². The van der Waals surface area contributed by atoms with Crippen molar-refractivity contribution < 1.29 is 4.57 Å². The molecular formula is C31H62N2OP2Si. The van der Waals surface area contributed by atoms with Crippen molar-refractivity contribution in [3.05, 3.63) is 0 Å². The molecule has 0 N–H and O–H groups in total. The van der Waals surface area contributed by atoms with Gasteiger partial charge in [-0.1, -0.05) is 96.7 Å². The van der Waals surface area contributed by atoms with Gasteiger partial charge in [0.25, 0.3) is 0 Å². The predicted molar refractivity (Wildman–Crippen MR) is 172 cm³/mol. The largest absolute Gasteiger partial charge is 0.284 e. The van der Waals surface area contributed by atoms with Crippen LogP contribution in [0.5, 0.6) is 0 Å². The van der Waals surface area contributed by atoms with Gasteiger partial charge in [-0.2, -0.15) is 0 Å². The molecule has 0 aromatic carbocycles. The Kier molecular flexibility index (Phi) is 10.8. The molecule has 0 amide bonds. The monoisotopic (exact) mass is 568 g/mol. The van der Waals surface area contributed by atoms with Crippen molar-refractivity contribution in [3.8, 4) is 0 Å². The van der Waals surface area contributed by atoms with Crippen LogP contribution in [-0.2, 0) is 4.57 Å². The molecule has 6 heteroatoms. The highest BCUT2D eigenvalue weighted by molar-refractivity contribution is 8.02. The topological polar surface area (TPSA) is 23.6 Å². The van der Waals surface area contributed by atoms with Gasteiger partial charge in [0.2, 0.25) is 7.44 Å². The van der Waals surface area contributed by atoms with Crippen molar-refractivity contribution in [1.82, 2.24) is 9.34 Å². The van der Waals surface area contributed by atoms with Crippen LogP contribution in [0.15, 0.2) is 0 Å². The van der Waals surface area contributed by atoms with Crippen LogP contribution in [0, 0.1) is 0 Å². The Bertz CT molecular complexity index is 734. The summed E-state index contributed by atoms with van der Waals surface area (Å²) in [5, 5.41) is 0. The summed E-state index contributed by atoms with van der Waals surface area (Å²) in [7, 11) is -4.69. The minimum absolute atomic E-state index is 0.537. The molecular weight excluding hydrogens is 506 g/mol. The molecule has 4 rings (SSSR count). The summed E-state index contributed by atoms with van der Waals surface area (Å²) in [6, 6.07) is 2.15. The molecule has 0 aromatic rings. The second-order valence-electron chi connectivity index (χ2n) is 15.1. The maximum atomic E-state index is 17.1. The molecule has 4 fully saturated rings. The molecule has 0 atom stereocenters. The van der Waals surface area contributed by atoms with Crippen molar-refractivity contribution in [2.24, 2.45) is 0 Å². The number of rotatable bonds is 8. The molecule has 216 valence electrons. The van der Waals surface area contributed by atoms with E-state index >= 15 is 4.57 Å². The molecule has 0 aromatic heterocycles. The van der Waals surface area contributed by atoms with E-state index in [9.17, 15) is 0 Å². The maximum Gasteiger partial charge on any atom is 0.239 e. The van der Waals surface area contributed by atoms with E-state index in [0.717, 1.165) is 0 Å². The van der Waals surface area contributed by atoms with E-state index in [1.54, 1.807) is 4.66 Å². The average Bonchev–Trinajstić information content (AvgIpc) is 2.85. The lowest BCUT2D eigenvalue weighted by Crippen LogP contribution is -2.56. The van der Waals surface area contributed by atoms with Crippen LogP contribution in [-0.4, -0.2) is 66.2 Å². The van der Waals surface area contributed by atoms with Gasteiger partial charge >= 0.3 is 0 Å². The maximum absolute atomic E-state index is 17.1. The van der Waals surface area contributed by atoms with Crippen LogP contribution in [0.2, 0.25) is 19.6 Å². The van der Waals surface area contributed by atoms with Gasteiger partial charge in [0.05, 0.1) is 8.07 Å². The van der Waals surface area contributed by atoms with Crippen LogP contribution in [0.25, 0.3) is 0 Å². The summed E-state index contributed by atoms with van der Waals surface area (Å²) in [5.74, 6) is 0. The van der Waals surface area contributed by atoms with Gasteiger partial charge in [-0.3, -0.25) is 4.57 Å². The summed E-state index contributed by atoms with van der Waals surface area (Å²) in [6.07, 6.45) is 26.5. The van der Waals surface area contributed by atoms with Gasteiger partial charge < -0.3 is 0 Å². The smallest absolute Gasteiger partial charge is 0.239 e. The quantitative estimate of drug-likeness (QED) is 0.215. The zero-order valence-electron chi connectivity index (χ0n) is 25.6. The summed E-state index contributed by atoms with van der Waals surface area (Å²) in [5.41, 5.74) is 0. The van der Waals surface area contributed by atoms with Crippen molar-refractivity contribution in [3.63, 3.8) is 0 Å². The molecule has 3 nitrogen and oxygen atoms in total. The molecule has 4 saturated carbocycles. The number of nitrogens with zero attached hydrogens (tertiary/aromatic N) is 2. The van der Waals surface area contributed by atoms with Crippen LogP contribution in [0.4, 0.5) is 0 Å². The van der Waals surface area contributed by atoms with Gasteiger partial charge in [0.15, 0.2) is 0 Å². The highest BCUT2D eigenvalue weighted by atomic mass is 31.2. The minimum atomic E-state index is -2.87. The highest BCUT2D eigenvalue weighted by Crippen LogP contribution is 2.68. The van der Waals surface area contributed by atoms with Crippen molar-refractivity contribution in [2.45, 2.75) is 172 Å². The van der Waals surface area contributed by atoms with E-state index in [2.05, 4.69) is 49.0 Å². The number of hydrogen-bond acceptors (Lipinski definition) is 1. The standard InChI is InChI=1S/C31H62N2OP2Si/c1-35(2,3)31(37(4,5)6)36(34,32(27-19-11-7-12-20-27)28-21-13-8-14-22-28)33(29-23-15-9-16-24-29)30-25-17-10-18-26-30/h27-30H,7-26H2,1-6H3.